The second-order valence-corrected chi connectivity index (χ2v) is 13.4. The van der Waals surface area contributed by atoms with Crippen LogP contribution >= 0.6 is 0 Å². The second-order valence-electron chi connectivity index (χ2n) is 11.8. The minimum Gasteiger partial charge on any atom is -0.493 e. The van der Waals surface area contributed by atoms with Gasteiger partial charge >= 0.3 is 6.18 Å². The highest BCUT2D eigenvalue weighted by atomic mass is 32.2. The molecule has 0 unspecified atom stereocenters. The number of carbonyl (C=O) groups excluding carboxylic acids is 2. The SMILES string of the molecule is CCCCc1nn(-c2cc(NC(=O)CC)ccc2C(F)(F)F)c(O)c1Cc1ccc(-c2ccccc2S(=O)(=O)NC(=O)c2ccccc2F)cc1F. The number of aryl methyl sites for hydroxylation is 1. The maximum Gasteiger partial charge on any atom is 0.418 e. The van der Waals surface area contributed by atoms with Gasteiger partial charge < -0.3 is 10.4 Å². The van der Waals surface area contributed by atoms with Gasteiger partial charge in [-0.25, -0.2) is 21.9 Å². The summed E-state index contributed by atoms with van der Waals surface area (Å²) in [5.41, 5.74) is -1.64. The van der Waals surface area contributed by atoms with Crippen LogP contribution in [0.2, 0.25) is 0 Å². The number of aromatic hydroxyl groups is 1. The summed E-state index contributed by atoms with van der Waals surface area (Å²) >= 11 is 0. The van der Waals surface area contributed by atoms with Crippen molar-refractivity contribution >= 4 is 27.5 Å². The van der Waals surface area contributed by atoms with Crippen LogP contribution in [0.3, 0.4) is 0 Å². The lowest BCUT2D eigenvalue weighted by atomic mass is 9.98. The van der Waals surface area contributed by atoms with E-state index < -0.39 is 62.3 Å². The summed E-state index contributed by atoms with van der Waals surface area (Å²) in [4.78, 5) is 24.2. The number of nitrogens with zero attached hydrogens (tertiary/aromatic N) is 2. The Morgan fingerprint density at radius 3 is 2.29 bits per heavy atom. The molecule has 0 radical (unpaired) electrons. The van der Waals surface area contributed by atoms with E-state index in [1.165, 1.54) is 48.5 Å². The van der Waals surface area contributed by atoms with Gasteiger partial charge in [-0.2, -0.15) is 23.0 Å². The van der Waals surface area contributed by atoms with E-state index in [-0.39, 0.29) is 57.8 Å². The number of unbranched alkanes of at least 4 members (excludes halogenated alkanes) is 1. The zero-order chi connectivity index (χ0) is 37.8. The van der Waals surface area contributed by atoms with Crippen molar-refractivity contribution in [1.29, 1.82) is 0 Å². The first-order valence-corrected chi connectivity index (χ1v) is 17.6. The number of amides is 2. The fraction of sp³-hybridized carbons (Fsp3) is 0.216. The summed E-state index contributed by atoms with van der Waals surface area (Å²) in [6.07, 6.45) is -3.57. The molecule has 0 saturated carbocycles. The Hall–Kier alpha value is -5.57. The highest BCUT2D eigenvalue weighted by molar-refractivity contribution is 7.90. The normalized spacial score (nSPS) is 11.8. The van der Waals surface area contributed by atoms with Gasteiger partial charge in [0.25, 0.3) is 15.9 Å². The van der Waals surface area contributed by atoms with Crippen molar-refractivity contribution < 1.29 is 45.1 Å². The Bertz CT molecular complexity index is 2250. The molecular formula is C37H33F5N4O5S. The maximum absolute atomic E-state index is 15.8. The van der Waals surface area contributed by atoms with E-state index in [1.807, 2.05) is 11.6 Å². The molecule has 0 saturated heterocycles. The minimum absolute atomic E-state index is 0.0181. The number of rotatable bonds is 12. The van der Waals surface area contributed by atoms with Crippen molar-refractivity contribution in [2.45, 2.75) is 57.0 Å². The monoisotopic (exact) mass is 740 g/mol. The molecule has 272 valence electrons. The zero-order valence-electron chi connectivity index (χ0n) is 27.9. The molecule has 0 atom stereocenters. The van der Waals surface area contributed by atoms with Gasteiger partial charge in [-0.3, -0.25) is 9.59 Å². The molecule has 0 bridgehead atoms. The number of anilines is 1. The van der Waals surface area contributed by atoms with Crippen LogP contribution in [0.15, 0.2) is 89.8 Å². The van der Waals surface area contributed by atoms with Crippen molar-refractivity contribution in [3.63, 3.8) is 0 Å². The van der Waals surface area contributed by atoms with Crippen LogP contribution in [0.4, 0.5) is 27.6 Å². The Morgan fingerprint density at radius 1 is 0.904 bits per heavy atom. The quantitative estimate of drug-likeness (QED) is 0.111. The molecule has 3 N–H and O–H groups in total. The molecule has 1 heterocycles. The molecule has 0 aliphatic heterocycles. The molecule has 5 rings (SSSR count). The third-order valence-corrected chi connectivity index (χ3v) is 9.59. The van der Waals surface area contributed by atoms with Crippen LogP contribution in [0.5, 0.6) is 5.88 Å². The molecule has 0 aliphatic rings. The minimum atomic E-state index is -4.85. The summed E-state index contributed by atoms with van der Waals surface area (Å²) in [6, 6.07) is 17.0. The lowest BCUT2D eigenvalue weighted by Crippen LogP contribution is -2.31. The van der Waals surface area contributed by atoms with Gasteiger partial charge in [0.05, 0.1) is 27.4 Å². The predicted octanol–water partition coefficient (Wildman–Crippen LogP) is 7.94. The van der Waals surface area contributed by atoms with Crippen molar-refractivity contribution in [3.05, 3.63) is 125 Å². The van der Waals surface area contributed by atoms with Crippen LogP contribution < -0.4 is 10.0 Å². The number of nitrogens with one attached hydrogen (secondary N) is 2. The number of sulfonamides is 1. The van der Waals surface area contributed by atoms with Gasteiger partial charge in [0.15, 0.2) is 0 Å². The van der Waals surface area contributed by atoms with Crippen LogP contribution in [0, 0.1) is 11.6 Å². The number of hydrogen-bond acceptors (Lipinski definition) is 6. The first-order chi connectivity index (χ1) is 24.6. The molecule has 0 spiro atoms. The summed E-state index contributed by atoms with van der Waals surface area (Å²) in [5.74, 6) is -4.04. The highest BCUT2D eigenvalue weighted by Gasteiger charge is 2.36. The smallest absolute Gasteiger partial charge is 0.418 e. The van der Waals surface area contributed by atoms with Crippen LogP contribution in [-0.2, 0) is 33.8 Å². The summed E-state index contributed by atoms with van der Waals surface area (Å²) in [7, 11) is -4.58. The maximum atomic E-state index is 15.8. The zero-order valence-corrected chi connectivity index (χ0v) is 28.7. The molecule has 2 amide bonds. The topological polar surface area (TPSA) is 130 Å². The fourth-order valence-corrected chi connectivity index (χ4v) is 6.72. The summed E-state index contributed by atoms with van der Waals surface area (Å²) in [6.45, 7) is 3.47. The molecular weight excluding hydrogens is 707 g/mol. The van der Waals surface area contributed by atoms with Crippen molar-refractivity contribution in [1.82, 2.24) is 14.5 Å². The average Bonchev–Trinajstić information content (AvgIpc) is 3.41. The number of alkyl halides is 3. The van der Waals surface area contributed by atoms with Crippen molar-refractivity contribution in [2.75, 3.05) is 5.32 Å². The molecule has 0 fully saturated rings. The van der Waals surface area contributed by atoms with Gasteiger partial charge in [0.2, 0.25) is 11.8 Å². The van der Waals surface area contributed by atoms with Gasteiger partial charge in [0.1, 0.15) is 11.6 Å². The van der Waals surface area contributed by atoms with Crippen molar-refractivity contribution in [2.24, 2.45) is 0 Å². The predicted molar refractivity (Wildman–Crippen MR) is 183 cm³/mol. The third-order valence-electron chi connectivity index (χ3n) is 8.20. The molecule has 1 aromatic heterocycles. The lowest BCUT2D eigenvalue weighted by molar-refractivity contribution is -0.137. The second kappa shape index (κ2) is 15.4. The first kappa shape index (κ1) is 37.7. The van der Waals surface area contributed by atoms with Gasteiger partial charge in [-0.1, -0.05) is 62.7 Å². The van der Waals surface area contributed by atoms with E-state index in [4.69, 9.17) is 0 Å². The molecule has 4 aromatic carbocycles. The van der Waals surface area contributed by atoms with Gasteiger partial charge in [0, 0.05) is 29.7 Å². The number of carbonyl (C=O) groups is 2. The molecule has 5 aromatic rings. The number of aromatic nitrogens is 2. The number of hydrogen-bond donors (Lipinski definition) is 3. The third kappa shape index (κ3) is 8.15. The Balaban J connectivity index is 1.51. The standard InChI is InChI=1S/C37H33F5N4O5S/c1-3-5-13-31-27(36(49)46(44-31)32-21-24(43-34(47)4-2)17-18-28(32)37(40,41)42)19-23-16-15-22(20-30(23)39)25-10-7-9-14-33(25)52(50,51)45-35(48)26-11-6-8-12-29(26)38/h6-12,14-18,20-21,49H,3-5,13,19H2,1-2H3,(H,43,47)(H,45,48). The Morgan fingerprint density at radius 2 is 1.62 bits per heavy atom. The van der Waals surface area contributed by atoms with Crippen LogP contribution in [-0.4, -0.2) is 35.1 Å². The van der Waals surface area contributed by atoms with Crippen molar-refractivity contribution in [3.8, 4) is 22.7 Å². The first-order valence-electron chi connectivity index (χ1n) is 16.1. The van der Waals surface area contributed by atoms with E-state index in [0.29, 0.717) is 12.8 Å². The molecule has 9 nitrogen and oxygen atoms in total. The Labute approximate surface area is 296 Å². The van der Waals surface area contributed by atoms with Crippen LogP contribution in [0.25, 0.3) is 16.8 Å². The molecule has 15 heteroatoms. The average molecular weight is 741 g/mol. The van der Waals surface area contributed by atoms with Gasteiger partial charge in [-0.15, -0.1) is 0 Å². The Kier molecular flexibility index (Phi) is 11.1. The van der Waals surface area contributed by atoms with E-state index >= 15 is 4.39 Å². The fourth-order valence-electron chi connectivity index (χ4n) is 5.52. The van der Waals surface area contributed by atoms with Gasteiger partial charge in [-0.05, 0) is 66.4 Å². The van der Waals surface area contributed by atoms with E-state index in [2.05, 4.69) is 10.4 Å². The van der Waals surface area contributed by atoms with E-state index in [9.17, 15) is 40.7 Å². The van der Waals surface area contributed by atoms with E-state index in [1.54, 1.807) is 6.92 Å². The summed E-state index contributed by atoms with van der Waals surface area (Å²) in [5, 5.41) is 18.2. The summed E-state index contributed by atoms with van der Waals surface area (Å²) < 4.78 is 102. The molecule has 0 aliphatic carbocycles. The molecule has 52 heavy (non-hydrogen) atoms. The lowest BCUT2D eigenvalue weighted by Gasteiger charge is -2.15. The largest absolute Gasteiger partial charge is 0.493 e. The highest BCUT2D eigenvalue weighted by Crippen LogP contribution is 2.39. The van der Waals surface area contributed by atoms with Crippen LogP contribution in [0.1, 0.15) is 65.9 Å². The number of benzene rings is 4. The number of halogens is 5. The van der Waals surface area contributed by atoms with E-state index in [0.717, 1.165) is 41.1 Å².